The molecule has 1 aromatic heterocycles. The topological polar surface area (TPSA) is 33.2 Å². The summed E-state index contributed by atoms with van der Waals surface area (Å²) in [5.74, 6) is -0.401. The normalized spacial score (nSPS) is 13.5. The predicted molar refractivity (Wildman–Crippen MR) is 66.0 cm³/mol. The van der Waals surface area contributed by atoms with Gasteiger partial charge in [0.2, 0.25) is 0 Å². The first kappa shape index (κ1) is 10.9. The number of nitrogens with zero attached hydrogens (tertiary/aromatic N) is 2. The van der Waals surface area contributed by atoms with Gasteiger partial charge < -0.3 is 4.90 Å². The average Bonchev–Trinajstić information content (AvgIpc) is 2.81. The number of carbonyl (C=O) groups is 1. The summed E-state index contributed by atoms with van der Waals surface area (Å²) in [5, 5.41) is 0. The monoisotopic (exact) mass is 242 g/mol. The van der Waals surface area contributed by atoms with Crippen LogP contribution in [0.2, 0.25) is 0 Å². The molecule has 2 aromatic rings. The molecule has 0 spiro atoms. The molecule has 3 nitrogen and oxygen atoms in total. The number of hydrogen-bond acceptors (Lipinski definition) is 2. The Kier molecular flexibility index (Phi) is 2.55. The highest BCUT2D eigenvalue weighted by Crippen LogP contribution is 2.29. The van der Waals surface area contributed by atoms with Crippen molar-refractivity contribution in [3.8, 4) is 0 Å². The molecule has 0 saturated heterocycles. The Morgan fingerprint density at radius 2 is 2.17 bits per heavy atom. The van der Waals surface area contributed by atoms with E-state index in [1.807, 2.05) is 0 Å². The van der Waals surface area contributed by atoms with Gasteiger partial charge in [0, 0.05) is 18.4 Å². The molecule has 0 N–H and O–H groups in total. The van der Waals surface area contributed by atoms with Crippen LogP contribution in [0.25, 0.3) is 0 Å². The second kappa shape index (κ2) is 4.22. The van der Waals surface area contributed by atoms with Crippen LogP contribution in [-0.4, -0.2) is 17.4 Å². The maximum absolute atomic E-state index is 13.1. The number of anilines is 1. The zero-order valence-corrected chi connectivity index (χ0v) is 9.64. The zero-order chi connectivity index (χ0) is 12.5. The van der Waals surface area contributed by atoms with Gasteiger partial charge in [0.05, 0.1) is 0 Å². The van der Waals surface area contributed by atoms with Crippen LogP contribution in [0.4, 0.5) is 10.1 Å². The molecule has 1 aliphatic heterocycles. The summed E-state index contributed by atoms with van der Waals surface area (Å²) < 4.78 is 13.1. The molecule has 0 bridgehead atoms. The van der Waals surface area contributed by atoms with Gasteiger partial charge >= 0.3 is 0 Å². The van der Waals surface area contributed by atoms with Crippen molar-refractivity contribution in [2.24, 2.45) is 0 Å². The molecule has 1 amide bonds. The molecule has 1 aliphatic rings. The number of fused-ring (bicyclic) bond motifs is 1. The van der Waals surface area contributed by atoms with Crippen LogP contribution < -0.4 is 4.90 Å². The maximum atomic E-state index is 13.1. The number of halogens is 1. The highest BCUT2D eigenvalue weighted by Gasteiger charge is 2.26. The van der Waals surface area contributed by atoms with Crippen molar-refractivity contribution in [2.45, 2.75) is 6.42 Å². The van der Waals surface area contributed by atoms with Crippen molar-refractivity contribution in [2.75, 3.05) is 11.4 Å². The lowest BCUT2D eigenvalue weighted by atomic mass is 10.1. The Balaban J connectivity index is 1.95. The first-order chi connectivity index (χ1) is 8.75. The molecule has 0 atom stereocenters. The van der Waals surface area contributed by atoms with E-state index >= 15 is 0 Å². The molecule has 4 heteroatoms. The van der Waals surface area contributed by atoms with Crippen LogP contribution in [0, 0.1) is 5.82 Å². The van der Waals surface area contributed by atoms with Crippen LogP contribution in [0.3, 0.4) is 0 Å². The standard InChI is InChI=1S/C14H11FN2O/c15-11-4-5-13-10(9-11)6-8-17(13)14(18)12-3-1-2-7-16-12/h1-5,7,9H,6,8H2. The van der Waals surface area contributed by atoms with E-state index in [2.05, 4.69) is 4.98 Å². The molecule has 0 fully saturated rings. The van der Waals surface area contributed by atoms with Crippen LogP contribution in [0.1, 0.15) is 16.1 Å². The summed E-state index contributed by atoms with van der Waals surface area (Å²) in [7, 11) is 0. The van der Waals surface area contributed by atoms with Crippen LogP contribution in [0.15, 0.2) is 42.6 Å². The quantitative estimate of drug-likeness (QED) is 0.769. The second-order valence-electron chi connectivity index (χ2n) is 4.19. The molecule has 0 aliphatic carbocycles. The summed E-state index contributed by atoms with van der Waals surface area (Å²) in [6.07, 6.45) is 2.28. The second-order valence-corrected chi connectivity index (χ2v) is 4.19. The number of pyridine rings is 1. The highest BCUT2D eigenvalue weighted by molar-refractivity contribution is 6.05. The molecular weight excluding hydrogens is 231 g/mol. The van der Waals surface area contributed by atoms with E-state index in [9.17, 15) is 9.18 Å². The smallest absolute Gasteiger partial charge is 0.276 e. The fourth-order valence-electron chi connectivity index (χ4n) is 2.21. The van der Waals surface area contributed by atoms with Gasteiger partial charge in [-0.05, 0) is 42.3 Å². The van der Waals surface area contributed by atoms with E-state index in [4.69, 9.17) is 0 Å². The third-order valence-electron chi connectivity index (χ3n) is 3.07. The Bertz CT molecular complexity index is 598. The molecule has 1 aromatic carbocycles. The fraction of sp³-hybridized carbons (Fsp3) is 0.143. The summed E-state index contributed by atoms with van der Waals surface area (Å²) >= 11 is 0. The predicted octanol–water partition coefficient (Wildman–Crippen LogP) is 2.42. The summed E-state index contributed by atoms with van der Waals surface area (Å²) in [6.45, 7) is 0.578. The lowest BCUT2D eigenvalue weighted by Gasteiger charge is -2.16. The minimum Gasteiger partial charge on any atom is -0.306 e. The Hall–Kier alpha value is -2.23. The summed E-state index contributed by atoms with van der Waals surface area (Å²) in [6, 6.07) is 9.75. The average molecular weight is 242 g/mol. The lowest BCUT2D eigenvalue weighted by molar-refractivity contribution is 0.0984. The number of rotatable bonds is 1. The lowest BCUT2D eigenvalue weighted by Crippen LogP contribution is -2.29. The van der Waals surface area contributed by atoms with Crippen molar-refractivity contribution in [1.82, 2.24) is 4.98 Å². The fourth-order valence-corrected chi connectivity index (χ4v) is 2.21. The van der Waals surface area contributed by atoms with E-state index in [0.29, 0.717) is 18.7 Å². The van der Waals surface area contributed by atoms with E-state index in [-0.39, 0.29) is 11.7 Å². The van der Waals surface area contributed by atoms with Gasteiger partial charge in [-0.2, -0.15) is 0 Å². The number of amides is 1. The van der Waals surface area contributed by atoms with Gasteiger partial charge in [0.15, 0.2) is 0 Å². The Morgan fingerprint density at radius 3 is 2.94 bits per heavy atom. The first-order valence-electron chi connectivity index (χ1n) is 5.77. The van der Waals surface area contributed by atoms with E-state index in [1.165, 1.54) is 12.1 Å². The largest absolute Gasteiger partial charge is 0.306 e. The summed E-state index contributed by atoms with van der Waals surface area (Å²) in [5.41, 5.74) is 2.07. The Morgan fingerprint density at radius 1 is 1.28 bits per heavy atom. The molecular formula is C14H11FN2O. The maximum Gasteiger partial charge on any atom is 0.276 e. The van der Waals surface area contributed by atoms with Crippen LogP contribution >= 0.6 is 0 Å². The van der Waals surface area contributed by atoms with Gasteiger partial charge in [-0.3, -0.25) is 9.78 Å². The van der Waals surface area contributed by atoms with Crippen molar-refractivity contribution in [3.05, 3.63) is 59.7 Å². The van der Waals surface area contributed by atoms with Crippen LogP contribution in [-0.2, 0) is 6.42 Å². The van der Waals surface area contributed by atoms with Gasteiger partial charge in [-0.25, -0.2) is 4.39 Å². The third kappa shape index (κ3) is 1.76. The molecule has 3 rings (SSSR count). The number of carbonyl (C=O) groups excluding carboxylic acids is 1. The van der Waals surface area contributed by atoms with Gasteiger partial charge in [-0.1, -0.05) is 6.07 Å². The van der Waals surface area contributed by atoms with Crippen molar-refractivity contribution in [3.63, 3.8) is 0 Å². The van der Waals surface area contributed by atoms with Gasteiger partial charge in [0.1, 0.15) is 11.5 Å². The van der Waals surface area contributed by atoms with Crippen molar-refractivity contribution in [1.29, 1.82) is 0 Å². The molecule has 0 unspecified atom stereocenters. The van der Waals surface area contributed by atoms with Gasteiger partial charge in [-0.15, -0.1) is 0 Å². The third-order valence-corrected chi connectivity index (χ3v) is 3.07. The minimum absolute atomic E-state index is 0.138. The summed E-state index contributed by atoms with van der Waals surface area (Å²) in [4.78, 5) is 18.0. The highest BCUT2D eigenvalue weighted by atomic mass is 19.1. The number of benzene rings is 1. The van der Waals surface area contributed by atoms with Crippen molar-refractivity contribution < 1.29 is 9.18 Å². The van der Waals surface area contributed by atoms with Crippen molar-refractivity contribution >= 4 is 11.6 Å². The Labute approximate surface area is 104 Å². The zero-order valence-electron chi connectivity index (χ0n) is 9.64. The number of aromatic nitrogens is 1. The number of hydrogen-bond donors (Lipinski definition) is 0. The van der Waals surface area contributed by atoms with Crippen LogP contribution in [0.5, 0.6) is 0 Å². The molecule has 0 saturated carbocycles. The molecule has 2 heterocycles. The van der Waals surface area contributed by atoms with E-state index in [0.717, 1.165) is 11.3 Å². The molecule has 90 valence electrons. The first-order valence-corrected chi connectivity index (χ1v) is 5.77. The van der Waals surface area contributed by atoms with E-state index < -0.39 is 0 Å². The SMILES string of the molecule is O=C(c1ccccn1)N1CCc2cc(F)ccc21. The molecule has 0 radical (unpaired) electrons. The van der Waals surface area contributed by atoms with E-state index in [1.54, 1.807) is 35.4 Å². The molecule has 18 heavy (non-hydrogen) atoms. The minimum atomic E-state index is -0.263. The van der Waals surface area contributed by atoms with Gasteiger partial charge in [0.25, 0.3) is 5.91 Å².